The Morgan fingerprint density at radius 3 is 2.74 bits per heavy atom. The maximum Gasteiger partial charge on any atom is 0.183 e. The minimum Gasteiger partial charge on any atom is -0.361 e. The lowest BCUT2D eigenvalue weighted by molar-refractivity contribution is 0.0867. The zero-order chi connectivity index (χ0) is 15.7. The number of carbonyl (C=O) groups is 1. The number of hydrogen-bond donors (Lipinski definition) is 2. The van der Waals surface area contributed by atoms with Crippen molar-refractivity contribution in [3.05, 3.63) is 71.9 Å². The van der Waals surface area contributed by atoms with Crippen molar-refractivity contribution in [1.82, 2.24) is 10.3 Å². The van der Waals surface area contributed by atoms with Crippen LogP contribution in [0.15, 0.2) is 60.8 Å². The number of aromatic amines is 1. The molecule has 1 aliphatic rings. The van der Waals surface area contributed by atoms with Crippen molar-refractivity contribution in [2.75, 3.05) is 6.54 Å². The SMILES string of the molecule is O=C(c1ccc2[nH]ccc2c1)[C@]1(Cc2ccccc2)CCCN1. The maximum absolute atomic E-state index is 13.3. The van der Waals surface area contributed by atoms with E-state index in [-0.39, 0.29) is 5.78 Å². The van der Waals surface area contributed by atoms with Gasteiger partial charge in [-0.3, -0.25) is 4.79 Å². The summed E-state index contributed by atoms with van der Waals surface area (Å²) in [6.07, 6.45) is 4.60. The Balaban J connectivity index is 1.70. The van der Waals surface area contributed by atoms with Crippen LogP contribution < -0.4 is 5.32 Å². The number of carbonyl (C=O) groups excluding carboxylic acids is 1. The van der Waals surface area contributed by atoms with Gasteiger partial charge < -0.3 is 10.3 Å². The molecule has 3 nitrogen and oxygen atoms in total. The molecule has 1 saturated heterocycles. The summed E-state index contributed by atoms with van der Waals surface area (Å²) in [5.41, 5.74) is 2.60. The highest BCUT2D eigenvalue weighted by Gasteiger charge is 2.41. The topological polar surface area (TPSA) is 44.9 Å². The molecule has 1 aromatic heterocycles. The van der Waals surface area contributed by atoms with E-state index in [0.29, 0.717) is 0 Å². The first-order valence-corrected chi connectivity index (χ1v) is 8.18. The largest absolute Gasteiger partial charge is 0.361 e. The van der Waals surface area contributed by atoms with Crippen LogP contribution in [0, 0.1) is 0 Å². The Hall–Kier alpha value is -2.39. The number of benzene rings is 2. The second-order valence-corrected chi connectivity index (χ2v) is 6.38. The van der Waals surface area contributed by atoms with Crippen LogP contribution in [-0.2, 0) is 6.42 Å². The quantitative estimate of drug-likeness (QED) is 0.722. The molecule has 1 aliphatic heterocycles. The van der Waals surface area contributed by atoms with Gasteiger partial charge in [0.25, 0.3) is 0 Å². The predicted molar refractivity (Wildman–Crippen MR) is 92.7 cm³/mol. The molecule has 1 atom stereocenters. The first kappa shape index (κ1) is 14.2. The summed E-state index contributed by atoms with van der Waals surface area (Å²) >= 11 is 0. The Labute approximate surface area is 135 Å². The van der Waals surface area contributed by atoms with E-state index in [0.717, 1.165) is 42.3 Å². The van der Waals surface area contributed by atoms with Crippen molar-refractivity contribution in [3.8, 4) is 0 Å². The van der Waals surface area contributed by atoms with Crippen molar-refractivity contribution < 1.29 is 4.79 Å². The monoisotopic (exact) mass is 304 g/mol. The molecule has 4 rings (SSSR count). The molecule has 2 heterocycles. The molecule has 1 fully saturated rings. The number of rotatable bonds is 4. The second-order valence-electron chi connectivity index (χ2n) is 6.38. The van der Waals surface area contributed by atoms with Gasteiger partial charge >= 0.3 is 0 Å². The zero-order valence-electron chi connectivity index (χ0n) is 13.0. The van der Waals surface area contributed by atoms with E-state index in [1.807, 2.05) is 48.7 Å². The molecule has 0 amide bonds. The van der Waals surface area contributed by atoms with Gasteiger partial charge in [-0.1, -0.05) is 30.3 Å². The van der Waals surface area contributed by atoms with Crippen LogP contribution in [0.4, 0.5) is 0 Å². The lowest BCUT2D eigenvalue weighted by atomic mass is 9.82. The van der Waals surface area contributed by atoms with E-state index in [1.54, 1.807) is 0 Å². The summed E-state index contributed by atoms with van der Waals surface area (Å²) < 4.78 is 0. The van der Waals surface area contributed by atoms with Crippen molar-refractivity contribution in [2.24, 2.45) is 0 Å². The molecule has 2 N–H and O–H groups in total. The Bertz CT molecular complexity index is 829. The molecule has 23 heavy (non-hydrogen) atoms. The number of fused-ring (bicyclic) bond motifs is 1. The molecular formula is C20H20N2O. The summed E-state index contributed by atoms with van der Waals surface area (Å²) in [4.78, 5) is 16.4. The Kier molecular flexibility index (Phi) is 3.50. The average molecular weight is 304 g/mol. The molecule has 0 unspecified atom stereocenters. The fourth-order valence-corrected chi connectivity index (χ4v) is 3.65. The highest BCUT2D eigenvalue weighted by atomic mass is 16.1. The van der Waals surface area contributed by atoms with Gasteiger partial charge in [-0.2, -0.15) is 0 Å². The van der Waals surface area contributed by atoms with Gasteiger partial charge in [0.15, 0.2) is 5.78 Å². The highest BCUT2D eigenvalue weighted by molar-refractivity contribution is 6.05. The maximum atomic E-state index is 13.3. The number of H-pyrrole nitrogens is 1. The van der Waals surface area contributed by atoms with Gasteiger partial charge in [-0.15, -0.1) is 0 Å². The minimum absolute atomic E-state index is 0.210. The summed E-state index contributed by atoms with van der Waals surface area (Å²) in [6, 6.07) is 18.2. The van der Waals surface area contributed by atoms with E-state index < -0.39 is 5.54 Å². The van der Waals surface area contributed by atoms with E-state index >= 15 is 0 Å². The molecule has 0 bridgehead atoms. The van der Waals surface area contributed by atoms with E-state index in [9.17, 15) is 4.79 Å². The molecular weight excluding hydrogens is 284 g/mol. The number of hydrogen-bond acceptors (Lipinski definition) is 2. The molecule has 3 aromatic rings. The fourth-order valence-electron chi connectivity index (χ4n) is 3.65. The van der Waals surface area contributed by atoms with E-state index in [4.69, 9.17) is 0 Å². The Morgan fingerprint density at radius 2 is 1.96 bits per heavy atom. The van der Waals surface area contributed by atoms with Crippen LogP contribution in [0.25, 0.3) is 10.9 Å². The third kappa shape index (κ3) is 2.57. The van der Waals surface area contributed by atoms with Crippen LogP contribution in [0.5, 0.6) is 0 Å². The molecule has 0 spiro atoms. The number of Topliss-reactive ketones (excluding diaryl/α,β-unsaturated/α-hetero) is 1. The number of ketones is 1. The predicted octanol–water partition coefficient (Wildman–Crippen LogP) is 3.72. The molecule has 0 radical (unpaired) electrons. The van der Waals surface area contributed by atoms with Gasteiger partial charge in [-0.05, 0) is 55.6 Å². The Morgan fingerprint density at radius 1 is 1.09 bits per heavy atom. The summed E-state index contributed by atoms with van der Waals surface area (Å²) in [7, 11) is 0. The van der Waals surface area contributed by atoms with Gasteiger partial charge in [0.2, 0.25) is 0 Å². The van der Waals surface area contributed by atoms with Crippen LogP contribution in [-0.4, -0.2) is 22.9 Å². The lowest BCUT2D eigenvalue weighted by Gasteiger charge is -2.28. The normalized spacial score (nSPS) is 20.9. The number of aromatic nitrogens is 1. The van der Waals surface area contributed by atoms with Gasteiger partial charge in [0.1, 0.15) is 0 Å². The standard InChI is InChI=1S/C20H20N2O/c23-19(17-7-8-18-16(13-17)9-12-21-18)20(10-4-11-22-20)14-15-5-2-1-3-6-15/h1-3,5-9,12-13,21-22H,4,10-11,14H2/t20-/m1/s1. The van der Waals surface area contributed by atoms with Crippen LogP contribution >= 0.6 is 0 Å². The summed E-state index contributed by atoms with van der Waals surface area (Å²) in [6.45, 7) is 0.908. The van der Waals surface area contributed by atoms with Gasteiger partial charge in [0.05, 0.1) is 5.54 Å². The first-order valence-electron chi connectivity index (χ1n) is 8.18. The van der Waals surface area contributed by atoms with E-state index in [2.05, 4.69) is 22.4 Å². The highest BCUT2D eigenvalue weighted by Crippen LogP contribution is 2.29. The van der Waals surface area contributed by atoms with Crippen molar-refractivity contribution in [1.29, 1.82) is 0 Å². The molecule has 2 aromatic carbocycles. The minimum atomic E-state index is -0.467. The van der Waals surface area contributed by atoms with Crippen LogP contribution in [0.1, 0.15) is 28.8 Å². The second kappa shape index (κ2) is 5.67. The lowest BCUT2D eigenvalue weighted by Crippen LogP contribution is -2.49. The van der Waals surface area contributed by atoms with Crippen molar-refractivity contribution in [3.63, 3.8) is 0 Å². The average Bonchev–Trinajstić information content (AvgIpc) is 3.24. The number of nitrogens with one attached hydrogen (secondary N) is 2. The summed E-state index contributed by atoms with van der Waals surface area (Å²) in [5, 5.41) is 4.59. The molecule has 3 heteroatoms. The first-order chi connectivity index (χ1) is 11.3. The zero-order valence-corrected chi connectivity index (χ0v) is 13.0. The fraction of sp³-hybridized carbons (Fsp3) is 0.250. The third-order valence-electron chi connectivity index (χ3n) is 4.84. The summed E-state index contributed by atoms with van der Waals surface area (Å²) in [5.74, 6) is 0.210. The van der Waals surface area contributed by atoms with Crippen LogP contribution in [0.2, 0.25) is 0 Å². The van der Waals surface area contributed by atoms with Crippen molar-refractivity contribution in [2.45, 2.75) is 24.8 Å². The third-order valence-corrected chi connectivity index (χ3v) is 4.84. The van der Waals surface area contributed by atoms with Crippen molar-refractivity contribution >= 4 is 16.7 Å². The smallest absolute Gasteiger partial charge is 0.183 e. The molecule has 116 valence electrons. The van der Waals surface area contributed by atoms with Gasteiger partial charge in [0, 0.05) is 22.7 Å². The van der Waals surface area contributed by atoms with Crippen LogP contribution in [0.3, 0.4) is 0 Å². The molecule has 0 saturated carbocycles. The molecule has 0 aliphatic carbocycles. The van der Waals surface area contributed by atoms with Gasteiger partial charge in [-0.25, -0.2) is 0 Å². The van der Waals surface area contributed by atoms with E-state index in [1.165, 1.54) is 5.56 Å².